The lowest BCUT2D eigenvalue weighted by Crippen LogP contribution is -2.49. The summed E-state index contributed by atoms with van der Waals surface area (Å²) in [5.74, 6) is -0.265. The van der Waals surface area contributed by atoms with Crippen LogP contribution in [0, 0.1) is 0 Å². The van der Waals surface area contributed by atoms with E-state index in [1.165, 1.54) is 0 Å². The first-order valence-electron chi connectivity index (χ1n) is 9.51. The number of carbonyl (C=O) groups excluding carboxylic acids is 2. The van der Waals surface area contributed by atoms with E-state index in [1.807, 2.05) is 44.2 Å². The molecule has 0 saturated carbocycles. The van der Waals surface area contributed by atoms with Crippen LogP contribution in [-0.4, -0.2) is 29.3 Å². The molecule has 1 N–H and O–H groups in total. The highest BCUT2D eigenvalue weighted by Crippen LogP contribution is 2.27. The minimum atomic E-state index is -0.574. The highest BCUT2D eigenvalue weighted by molar-refractivity contribution is 6.36. The predicted molar refractivity (Wildman–Crippen MR) is 115 cm³/mol. The number of hydrogen-bond donors (Lipinski definition) is 1. The number of likely N-dealkylation sites (N-methyl/N-ethyl adjacent to an activating group) is 1. The van der Waals surface area contributed by atoms with Gasteiger partial charge >= 0.3 is 0 Å². The maximum Gasteiger partial charge on any atom is 0.242 e. The first-order valence-corrected chi connectivity index (χ1v) is 10.3. The third-order valence-corrected chi connectivity index (χ3v) is 5.31. The van der Waals surface area contributed by atoms with Gasteiger partial charge in [-0.15, -0.1) is 0 Å². The minimum Gasteiger partial charge on any atom is -0.355 e. The molecule has 4 nitrogen and oxygen atoms in total. The van der Waals surface area contributed by atoms with Crippen LogP contribution < -0.4 is 5.32 Å². The number of aryl methyl sites for hydroxylation is 1. The van der Waals surface area contributed by atoms with Crippen molar-refractivity contribution in [2.75, 3.05) is 6.54 Å². The molecule has 0 bridgehead atoms. The van der Waals surface area contributed by atoms with Crippen molar-refractivity contribution < 1.29 is 9.59 Å². The molecule has 0 aromatic heterocycles. The van der Waals surface area contributed by atoms with Crippen LogP contribution in [0.2, 0.25) is 10.0 Å². The second-order valence-electron chi connectivity index (χ2n) is 6.53. The second-order valence-corrected chi connectivity index (χ2v) is 7.34. The lowest BCUT2D eigenvalue weighted by molar-refractivity contribution is -0.141. The molecular weight excluding hydrogens is 395 g/mol. The van der Waals surface area contributed by atoms with Gasteiger partial charge in [-0.3, -0.25) is 9.59 Å². The Balaban J connectivity index is 2.26. The summed E-state index contributed by atoms with van der Waals surface area (Å²) in [6.07, 6.45) is 1.42. The molecule has 2 aromatic carbocycles. The van der Waals surface area contributed by atoms with Crippen molar-refractivity contribution in [3.05, 3.63) is 69.7 Å². The SMILES string of the molecule is CCNC(=O)[C@H](CC)N(Cc1c(Cl)cccc1Cl)C(=O)CCc1ccccc1. The zero-order chi connectivity index (χ0) is 20.5. The topological polar surface area (TPSA) is 49.4 Å². The van der Waals surface area contributed by atoms with E-state index in [2.05, 4.69) is 5.32 Å². The number of carbonyl (C=O) groups is 2. The normalized spacial score (nSPS) is 11.7. The molecule has 1 atom stereocenters. The van der Waals surface area contributed by atoms with Gasteiger partial charge in [0.05, 0.1) is 0 Å². The molecule has 6 heteroatoms. The second kappa shape index (κ2) is 11.1. The molecule has 28 heavy (non-hydrogen) atoms. The molecule has 2 aromatic rings. The average Bonchev–Trinajstić information content (AvgIpc) is 2.69. The molecule has 0 aliphatic heterocycles. The van der Waals surface area contributed by atoms with Gasteiger partial charge in [-0.25, -0.2) is 0 Å². The molecule has 0 saturated heterocycles. The first-order chi connectivity index (χ1) is 13.5. The zero-order valence-corrected chi connectivity index (χ0v) is 17.8. The third kappa shape index (κ3) is 5.98. The monoisotopic (exact) mass is 420 g/mol. The van der Waals surface area contributed by atoms with E-state index in [-0.39, 0.29) is 18.4 Å². The number of amides is 2. The van der Waals surface area contributed by atoms with Crippen LogP contribution in [0.15, 0.2) is 48.5 Å². The van der Waals surface area contributed by atoms with Crippen LogP contribution in [0.5, 0.6) is 0 Å². The maximum absolute atomic E-state index is 13.1. The first kappa shape index (κ1) is 22.3. The summed E-state index contributed by atoms with van der Waals surface area (Å²) in [6.45, 7) is 4.46. The third-order valence-electron chi connectivity index (χ3n) is 4.60. The number of nitrogens with one attached hydrogen (secondary N) is 1. The summed E-state index contributed by atoms with van der Waals surface area (Å²) in [5.41, 5.74) is 1.74. The van der Waals surface area contributed by atoms with Gasteiger partial charge in [-0.1, -0.05) is 66.5 Å². The largest absolute Gasteiger partial charge is 0.355 e. The molecule has 0 unspecified atom stereocenters. The fraction of sp³-hybridized carbons (Fsp3) is 0.364. The van der Waals surface area contributed by atoms with Gasteiger partial charge in [0.15, 0.2) is 0 Å². The molecule has 150 valence electrons. The van der Waals surface area contributed by atoms with Gasteiger partial charge in [-0.05, 0) is 37.5 Å². The van der Waals surface area contributed by atoms with E-state index in [0.29, 0.717) is 41.4 Å². The smallest absolute Gasteiger partial charge is 0.242 e. The lowest BCUT2D eigenvalue weighted by Gasteiger charge is -2.31. The number of hydrogen-bond acceptors (Lipinski definition) is 2. The molecule has 0 heterocycles. The molecule has 0 fully saturated rings. The van der Waals surface area contributed by atoms with Crippen molar-refractivity contribution in [1.29, 1.82) is 0 Å². The Labute approximate surface area is 176 Å². The number of halogens is 2. The van der Waals surface area contributed by atoms with E-state index in [4.69, 9.17) is 23.2 Å². The molecule has 0 aliphatic carbocycles. The van der Waals surface area contributed by atoms with Gasteiger partial charge in [0.1, 0.15) is 6.04 Å². The molecule has 0 radical (unpaired) electrons. The molecular formula is C22H26Cl2N2O2. The van der Waals surface area contributed by atoms with Crippen LogP contribution in [0.1, 0.15) is 37.8 Å². The van der Waals surface area contributed by atoms with Crippen molar-refractivity contribution in [3.8, 4) is 0 Å². The van der Waals surface area contributed by atoms with Crippen molar-refractivity contribution in [3.63, 3.8) is 0 Å². The van der Waals surface area contributed by atoms with E-state index < -0.39 is 6.04 Å². The van der Waals surface area contributed by atoms with Crippen molar-refractivity contribution in [1.82, 2.24) is 10.2 Å². The van der Waals surface area contributed by atoms with E-state index in [9.17, 15) is 9.59 Å². The molecule has 2 rings (SSSR count). The van der Waals surface area contributed by atoms with Crippen molar-refractivity contribution >= 4 is 35.0 Å². The zero-order valence-electron chi connectivity index (χ0n) is 16.3. The standard InChI is InChI=1S/C22H26Cl2N2O2/c1-3-20(22(28)25-4-2)26(15-17-18(23)11-8-12-19(17)24)21(27)14-13-16-9-6-5-7-10-16/h5-12,20H,3-4,13-15H2,1-2H3,(H,25,28)/t20-/m0/s1. The quantitative estimate of drug-likeness (QED) is 0.628. The Bertz CT molecular complexity index is 776. The van der Waals surface area contributed by atoms with Gasteiger partial charge in [0.2, 0.25) is 11.8 Å². The summed E-state index contributed by atoms with van der Waals surface area (Å²) in [6, 6.07) is 14.5. The van der Waals surface area contributed by atoms with E-state index in [0.717, 1.165) is 5.56 Å². The van der Waals surface area contributed by atoms with E-state index >= 15 is 0 Å². The Morgan fingerprint density at radius 3 is 2.21 bits per heavy atom. The van der Waals surface area contributed by atoms with Crippen LogP contribution in [0.3, 0.4) is 0 Å². The summed E-state index contributed by atoms with van der Waals surface area (Å²) in [4.78, 5) is 27.3. The predicted octanol–water partition coefficient (Wildman–Crippen LogP) is 4.87. The Morgan fingerprint density at radius 2 is 1.64 bits per heavy atom. The molecule has 0 spiro atoms. The summed E-state index contributed by atoms with van der Waals surface area (Å²) in [5, 5.41) is 3.79. The van der Waals surface area contributed by atoms with Crippen LogP contribution in [0.25, 0.3) is 0 Å². The Kier molecular flexibility index (Phi) is 8.81. The summed E-state index contributed by atoms with van der Waals surface area (Å²) in [7, 11) is 0. The van der Waals surface area contributed by atoms with Crippen molar-refractivity contribution in [2.45, 2.75) is 45.7 Å². The van der Waals surface area contributed by atoms with Crippen molar-refractivity contribution in [2.24, 2.45) is 0 Å². The van der Waals surface area contributed by atoms with Crippen LogP contribution in [0.4, 0.5) is 0 Å². The fourth-order valence-corrected chi connectivity index (χ4v) is 3.62. The minimum absolute atomic E-state index is 0.0991. The van der Waals surface area contributed by atoms with E-state index in [1.54, 1.807) is 23.1 Å². The summed E-state index contributed by atoms with van der Waals surface area (Å²) < 4.78 is 0. The highest BCUT2D eigenvalue weighted by Gasteiger charge is 2.29. The molecule has 2 amide bonds. The number of rotatable bonds is 9. The summed E-state index contributed by atoms with van der Waals surface area (Å²) >= 11 is 12.6. The number of benzene rings is 2. The fourth-order valence-electron chi connectivity index (χ4n) is 3.10. The van der Waals surface area contributed by atoms with Gasteiger partial charge in [0, 0.05) is 35.1 Å². The highest BCUT2D eigenvalue weighted by atomic mass is 35.5. The van der Waals surface area contributed by atoms with Gasteiger partial charge in [-0.2, -0.15) is 0 Å². The van der Waals surface area contributed by atoms with Gasteiger partial charge < -0.3 is 10.2 Å². The lowest BCUT2D eigenvalue weighted by atomic mass is 10.1. The number of nitrogens with zero attached hydrogens (tertiary/aromatic N) is 1. The Morgan fingerprint density at radius 1 is 1.00 bits per heavy atom. The van der Waals surface area contributed by atoms with Gasteiger partial charge in [0.25, 0.3) is 0 Å². The Hall–Kier alpha value is -2.04. The van der Waals surface area contributed by atoms with Crippen LogP contribution >= 0.6 is 23.2 Å². The maximum atomic E-state index is 13.1. The van der Waals surface area contributed by atoms with Crippen LogP contribution in [-0.2, 0) is 22.6 Å². The molecule has 0 aliphatic rings. The average molecular weight is 421 g/mol.